The number of aliphatic imine (C=N–C) groups is 1. The van der Waals surface area contributed by atoms with Crippen LogP contribution >= 0.6 is 35.0 Å². The van der Waals surface area contributed by atoms with E-state index in [1.54, 1.807) is 4.90 Å². The third-order valence-electron chi connectivity index (χ3n) is 8.48. The Hall–Kier alpha value is -2.59. The van der Waals surface area contributed by atoms with Gasteiger partial charge in [0.2, 0.25) is 5.91 Å². The summed E-state index contributed by atoms with van der Waals surface area (Å²) in [6.45, 7) is 7.84. The van der Waals surface area contributed by atoms with E-state index >= 15 is 0 Å². The molecule has 0 aromatic heterocycles. The Balaban J connectivity index is 1.40. The van der Waals surface area contributed by atoms with Crippen molar-refractivity contribution in [2.24, 2.45) is 10.9 Å². The number of ether oxygens (including phenoxy) is 1. The van der Waals surface area contributed by atoms with Gasteiger partial charge in [-0.25, -0.2) is 9.38 Å². The van der Waals surface area contributed by atoms with Crippen molar-refractivity contribution < 1.29 is 18.7 Å². The zero-order chi connectivity index (χ0) is 29.8. The molecule has 4 atom stereocenters. The first-order valence-electron chi connectivity index (χ1n) is 14.2. The highest BCUT2D eigenvalue weighted by Crippen LogP contribution is 2.56. The van der Waals surface area contributed by atoms with Crippen LogP contribution in [0.2, 0.25) is 10.0 Å². The topological polar surface area (TPSA) is 65.5 Å². The molecular weight excluding hydrogens is 598 g/mol. The molecule has 2 saturated heterocycles. The van der Waals surface area contributed by atoms with E-state index in [1.807, 2.05) is 62.4 Å². The van der Waals surface area contributed by atoms with Crippen molar-refractivity contribution in [3.63, 3.8) is 0 Å². The predicted molar refractivity (Wildman–Crippen MR) is 164 cm³/mol. The van der Waals surface area contributed by atoms with Crippen LogP contribution in [0.1, 0.15) is 44.4 Å². The molecule has 2 aromatic carbocycles. The molecule has 7 nitrogen and oxygen atoms in total. The largest absolute Gasteiger partial charge is 0.378 e. The number of halogens is 3. The molecule has 11 heteroatoms. The molecule has 2 amide bonds. The van der Waals surface area contributed by atoms with Crippen LogP contribution in [0.4, 0.5) is 4.39 Å². The first-order chi connectivity index (χ1) is 20.1. The third kappa shape index (κ3) is 5.12. The number of carbonyl (C=O) groups excluding carboxylic acids is 2. The van der Waals surface area contributed by atoms with Gasteiger partial charge in [-0.3, -0.25) is 9.59 Å². The number of fused-ring (bicyclic) bond motifs is 1. The van der Waals surface area contributed by atoms with Crippen LogP contribution in [0.15, 0.2) is 64.1 Å². The number of amides is 2. The number of morpholine rings is 1. The van der Waals surface area contributed by atoms with E-state index in [9.17, 15) is 14.0 Å². The van der Waals surface area contributed by atoms with Crippen molar-refractivity contribution >= 4 is 51.9 Å². The first kappa shape index (κ1) is 29.5. The molecule has 42 heavy (non-hydrogen) atoms. The van der Waals surface area contributed by atoms with E-state index in [2.05, 4.69) is 11.8 Å². The van der Waals surface area contributed by atoms with Gasteiger partial charge in [-0.15, -0.1) is 0 Å². The monoisotopic (exact) mass is 630 g/mol. The number of rotatable bonds is 5. The Morgan fingerprint density at radius 2 is 1.67 bits per heavy atom. The smallest absolute Gasteiger partial charge is 0.263 e. The Morgan fingerprint density at radius 1 is 1.05 bits per heavy atom. The lowest BCUT2D eigenvalue weighted by Gasteiger charge is -2.37. The lowest BCUT2D eigenvalue weighted by Crippen LogP contribution is -2.51. The van der Waals surface area contributed by atoms with E-state index in [0.29, 0.717) is 46.4 Å². The summed E-state index contributed by atoms with van der Waals surface area (Å²) < 4.78 is 20.2. The standard InChI is InChI=1S/C31H33Cl2FN4O3S/c1-18(2)25-26(29(40)37-17-23(34)16-24(37)28(39)36-12-14-41-15-13-36)42-30-35-31(3,20-6-10-22(33)11-7-20)27(38(25)30)19-4-8-21(32)9-5-19/h4-11,18,23-24,27H,12-17H2,1-3H3. The third-order valence-corrected chi connectivity index (χ3v) is 10.0. The maximum absolute atomic E-state index is 14.9. The number of hydrogen-bond donors (Lipinski definition) is 0. The molecule has 4 aliphatic rings. The number of thioether (sulfide) groups is 1. The number of hydrogen-bond acceptors (Lipinski definition) is 6. The number of nitrogens with zero attached hydrogens (tertiary/aromatic N) is 4. The normalized spacial score (nSPS) is 27.6. The second-order valence-corrected chi connectivity index (χ2v) is 13.4. The highest BCUT2D eigenvalue weighted by atomic mass is 35.5. The molecule has 0 spiro atoms. The SMILES string of the molecule is CC(C)C1=C(C(=O)N2CC(F)CC2C(=O)N2CCOCC2)SC2=NC(C)(c3ccc(Cl)cc3)C(c3ccc(Cl)cc3)N21. The van der Waals surface area contributed by atoms with Crippen LogP contribution in [0.25, 0.3) is 0 Å². The average Bonchev–Trinajstić information content (AvgIpc) is 3.63. The number of likely N-dealkylation sites (tertiary alicyclic amines) is 1. The minimum atomic E-state index is -1.26. The molecule has 2 aromatic rings. The minimum Gasteiger partial charge on any atom is -0.378 e. The van der Waals surface area contributed by atoms with E-state index in [1.165, 1.54) is 16.7 Å². The second kappa shape index (κ2) is 11.5. The quantitative estimate of drug-likeness (QED) is 0.403. The average molecular weight is 632 g/mol. The number of benzene rings is 2. The molecule has 4 unspecified atom stereocenters. The van der Waals surface area contributed by atoms with Crippen LogP contribution in [0.5, 0.6) is 0 Å². The van der Waals surface area contributed by atoms with Crippen LogP contribution in [-0.2, 0) is 19.9 Å². The Labute approximate surface area is 259 Å². The summed E-state index contributed by atoms with van der Waals surface area (Å²) in [5.41, 5.74) is 2.11. The van der Waals surface area contributed by atoms with Crippen LogP contribution in [-0.4, -0.2) is 76.7 Å². The van der Waals surface area contributed by atoms with Gasteiger partial charge in [-0.2, -0.15) is 0 Å². The molecule has 0 N–H and O–H groups in total. The van der Waals surface area contributed by atoms with Gasteiger partial charge in [0, 0.05) is 35.3 Å². The molecule has 2 fully saturated rings. The highest BCUT2D eigenvalue weighted by Gasteiger charge is 2.54. The van der Waals surface area contributed by atoms with Crippen molar-refractivity contribution in [1.29, 1.82) is 0 Å². The summed E-state index contributed by atoms with van der Waals surface area (Å²) in [5.74, 6) is -0.590. The van der Waals surface area contributed by atoms with Crippen molar-refractivity contribution in [3.05, 3.63) is 80.3 Å². The van der Waals surface area contributed by atoms with Gasteiger partial charge in [0.15, 0.2) is 5.17 Å². The Bertz CT molecular complexity index is 1450. The van der Waals surface area contributed by atoms with Gasteiger partial charge in [0.25, 0.3) is 5.91 Å². The van der Waals surface area contributed by atoms with E-state index in [-0.39, 0.29) is 36.7 Å². The second-order valence-electron chi connectivity index (χ2n) is 11.6. The van der Waals surface area contributed by atoms with Crippen molar-refractivity contribution in [1.82, 2.24) is 14.7 Å². The highest BCUT2D eigenvalue weighted by molar-refractivity contribution is 8.18. The van der Waals surface area contributed by atoms with Gasteiger partial charge in [-0.1, -0.05) is 61.3 Å². The van der Waals surface area contributed by atoms with Crippen molar-refractivity contribution in [2.45, 2.75) is 51.0 Å². The summed E-state index contributed by atoms with van der Waals surface area (Å²) in [5, 5.41) is 1.97. The Morgan fingerprint density at radius 3 is 2.29 bits per heavy atom. The summed E-state index contributed by atoms with van der Waals surface area (Å²) >= 11 is 13.8. The van der Waals surface area contributed by atoms with Crippen LogP contribution in [0, 0.1) is 5.92 Å². The molecule has 0 aliphatic carbocycles. The van der Waals surface area contributed by atoms with Crippen LogP contribution < -0.4 is 0 Å². The minimum absolute atomic E-state index is 0.00356. The number of allylic oxidation sites excluding steroid dienone is 1. The van der Waals surface area contributed by atoms with Crippen molar-refractivity contribution in [2.75, 3.05) is 32.8 Å². The first-order valence-corrected chi connectivity index (χ1v) is 15.8. The van der Waals surface area contributed by atoms with Crippen molar-refractivity contribution in [3.8, 4) is 0 Å². The van der Waals surface area contributed by atoms with Gasteiger partial charge >= 0.3 is 0 Å². The fourth-order valence-corrected chi connectivity index (χ4v) is 8.05. The lowest BCUT2D eigenvalue weighted by atomic mass is 9.81. The molecule has 6 rings (SSSR count). The van der Waals surface area contributed by atoms with Gasteiger partial charge in [0.1, 0.15) is 22.7 Å². The summed E-state index contributed by atoms with van der Waals surface area (Å²) in [7, 11) is 0. The maximum atomic E-state index is 14.9. The van der Waals surface area contributed by atoms with Gasteiger partial charge in [-0.05, 0) is 60.0 Å². The summed E-state index contributed by atoms with van der Waals surface area (Å²) in [4.78, 5) is 38.7. The number of carbonyl (C=O) groups is 2. The van der Waals surface area contributed by atoms with Gasteiger partial charge in [0.05, 0.1) is 25.8 Å². The summed E-state index contributed by atoms with van der Waals surface area (Å²) in [6, 6.07) is 14.3. The molecule has 222 valence electrons. The molecule has 4 heterocycles. The molecule has 0 bridgehead atoms. The fraction of sp³-hybridized carbons (Fsp3) is 0.452. The zero-order valence-electron chi connectivity index (χ0n) is 23.7. The van der Waals surface area contributed by atoms with Gasteiger partial charge < -0.3 is 19.4 Å². The van der Waals surface area contributed by atoms with E-state index in [0.717, 1.165) is 16.8 Å². The zero-order valence-corrected chi connectivity index (χ0v) is 26.1. The predicted octanol–water partition coefficient (Wildman–Crippen LogP) is 6.03. The number of alkyl halides is 1. The molecule has 0 radical (unpaired) electrons. The maximum Gasteiger partial charge on any atom is 0.263 e. The molecule has 0 saturated carbocycles. The van der Waals surface area contributed by atoms with Crippen LogP contribution in [0.3, 0.4) is 0 Å². The fourth-order valence-electron chi connectivity index (χ4n) is 6.43. The Kier molecular flexibility index (Phi) is 8.06. The number of amidine groups is 1. The lowest BCUT2D eigenvalue weighted by molar-refractivity contribution is -0.144. The summed E-state index contributed by atoms with van der Waals surface area (Å²) in [6.07, 6.45) is -1.26. The molecule has 4 aliphatic heterocycles. The van der Waals surface area contributed by atoms with E-state index < -0.39 is 17.8 Å². The molecular formula is C31H33Cl2FN4O3S. The van der Waals surface area contributed by atoms with E-state index in [4.69, 9.17) is 32.9 Å².